The Morgan fingerprint density at radius 2 is 1.42 bits per heavy atom. The summed E-state index contributed by atoms with van der Waals surface area (Å²) in [4.78, 5) is 11.4. The summed E-state index contributed by atoms with van der Waals surface area (Å²) in [6.45, 7) is 5.62. The zero-order valence-electron chi connectivity index (χ0n) is 21.2. The first-order valence-corrected chi connectivity index (χ1v) is 13.0. The Hall–Kier alpha value is -3.47. The summed E-state index contributed by atoms with van der Waals surface area (Å²) < 4.78 is 6.27. The quantitative estimate of drug-likeness (QED) is 0.301. The van der Waals surface area contributed by atoms with Crippen molar-refractivity contribution in [3.05, 3.63) is 78.4 Å². The van der Waals surface area contributed by atoms with E-state index < -0.39 is 5.97 Å². The van der Waals surface area contributed by atoms with E-state index in [1.807, 2.05) is 54.6 Å². The third-order valence-corrected chi connectivity index (χ3v) is 7.75. The number of para-hydroxylation sites is 1. The molecule has 2 aliphatic carbocycles. The van der Waals surface area contributed by atoms with Crippen LogP contribution in [0.25, 0.3) is 0 Å². The van der Waals surface area contributed by atoms with E-state index in [0.717, 1.165) is 47.2 Å². The van der Waals surface area contributed by atoms with Gasteiger partial charge >= 0.3 is 5.97 Å². The van der Waals surface area contributed by atoms with Crippen LogP contribution < -0.4 is 15.4 Å². The molecule has 5 rings (SSSR count). The lowest BCUT2D eigenvalue weighted by Crippen LogP contribution is -2.39. The fourth-order valence-electron chi connectivity index (χ4n) is 6.46. The Balaban J connectivity index is 1.15. The Morgan fingerprint density at radius 3 is 2.03 bits per heavy atom. The van der Waals surface area contributed by atoms with Crippen LogP contribution in [0.1, 0.15) is 56.3 Å². The highest BCUT2D eigenvalue weighted by Crippen LogP contribution is 2.50. The molecule has 3 N–H and O–H groups in total. The first kappa shape index (κ1) is 24.2. The summed E-state index contributed by atoms with van der Waals surface area (Å²) in [7, 11) is 0. The number of carboxylic acids is 1. The van der Waals surface area contributed by atoms with Gasteiger partial charge in [0.05, 0.1) is 17.9 Å². The number of hydrogen-bond acceptors (Lipinski definition) is 4. The second-order valence-corrected chi connectivity index (χ2v) is 11.3. The number of carbonyl (C=O) groups is 1. The molecule has 0 radical (unpaired) electrons. The SMILES string of the molecule is CC1CC2CC(C1)CC(C)(COc1ccc(Nc3ccc(Nc4ccccc4C(=O)O)cc3)cc1)C2. The number of carboxylic acid groups (broad SMARTS) is 1. The summed E-state index contributed by atoms with van der Waals surface area (Å²) in [5.41, 5.74) is 3.87. The van der Waals surface area contributed by atoms with E-state index in [9.17, 15) is 9.90 Å². The molecule has 5 nitrogen and oxygen atoms in total. The first-order chi connectivity index (χ1) is 17.3. The van der Waals surface area contributed by atoms with Crippen molar-refractivity contribution in [3.63, 3.8) is 0 Å². The monoisotopic (exact) mass is 484 g/mol. The summed E-state index contributed by atoms with van der Waals surface area (Å²) in [5, 5.41) is 16.0. The fraction of sp³-hybridized carbons (Fsp3) is 0.387. The van der Waals surface area contributed by atoms with Gasteiger partial charge in [0, 0.05) is 22.5 Å². The van der Waals surface area contributed by atoms with E-state index in [2.05, 4.69) is 24.5 Å². The van der Waals surface area contributed by atoms with E-state index in [0.29, 0.717) is 5.69 Å². The van der Waals surface area contributed by atoms with Crippen molar-refractivity contribution in [2.75, 3.05) is 17.2 Å². The molecule has 3 aromatic carbocycles. The lowest BCUT2D eigenvalue weighted by Gasteiger charge is -2.47. The lowest BCUT2D eigenvalue weighted by atomic mass is 9.60. The molecule has 0 amide bonds. The highest BCUT2D eigenvalue weighted by atomic mass is 16.5. The molecule has 0 aromatic heterocycles. The van der Waals surface area contributed by atoms with E-state index in [4.69, 9.17) is 4.74 Å². The summed E-state index contributed by atoms with van der Waals surface area (Å²) in [5.74, 6) is 2.61. The van der Waals surface area contributed by atoms with Gasteiger partial charge in [-0.25, -0.2) is 4.79 Å². The van der Waals surface area contributed by atoms with E-state index >= 15 is 0 Å². The number of hydrogen-bond donors (Lipinski definition) is 3. The van der Waals surface area contributed by atoms with Gasteiger partial charge in [0.25, 0.3) is 0 Å². The Bertz CT molecular complexity index is 1170. The third kappa shape index (κ3) is 5.84. The van der Waals surface area contributed by atoms with Crippen molar-refractivity contribution < 1.29 is 14.6 Å². The fourth-order valence-corrected chi connectivity index (χ4v) is 6.46. The maximum absolute atomic E-state index is 11.4. The summed E-state index contributed by atoms with van der Waals surface area (Å²) in [6.07, 6.45) is 6.78. The van der Waals surface area contributed by atoms with Crippen molar-refractivity contribution in [1.29, 1.82) is 0 Å². The average molecular weight is 485 g/mol. The van der Waals surface area contributed by atoms with Crippen LogP contribution in [0.2, 0.25) is 0 Å². The maximum Gasteiger partial charge on any atom is 0.337 e. The van der Waals surface area contributed by atoms with Crippen LogP contribution in [0.4, 0.5) is 22.7 Å². The zero-order chi connectivity index (χ0) is 25.1. The molecule has 188 valence electrons. The molecule has 2 bridgehead atoms. The molecular weight excluding hydrogens is 448 g/mol. The van der Waals surface area contributed by atoms with Crippen LogP contribution in [0.5, 0.6) is 5.75 Å². The minimum absolute atomic E-state index is 0.247. The maximum atomic E-state index is 11.4. The minimum atomic E-state index is -0.950. The number of benzene rings is 3. The molecule has 0 spiro atoms. The topological polar surface area (TPSA) is 70.6 Å². The number of fused-ring (bicyclic) bond motifs is 2. The molecule has 3 aromatic rings. The number of anilines is 4. The molecule has 0 aliphatic heterocycles. The predicted molar refractivity (Wildman–Crippen MR) is 146 cm³/mol. The Kier molecular flexibility index (Phi) is 6.90. The third-order valence-electron chi connectivity index (χ3n) is 7.75. The van der Waals surface area contributed by atoms with Gasteiger partial charge in [-0.3, -0.25) is 0 Å². The zero-order valence-corrected chi connectivity index (χ0v) is 21.2. The molecule has 0 heterocycles. The van der Waals surface area contributed by atoms with E-state index in [1.54, 1.807) is 18.2 Å². The number of rotatable bonds is 8. The van der Waals surface area contributed by atoms with Crippen LogP contribution in [0.15, 0.2) is 72.8 Å². The first-order valence-electron chi connectivity index (χ1n) is 13.0. The smallest absolute Gasteiger partial charge is 0.337 e. The number of ether oxygens (including phenoxy) is 1. The highest BCUT2D eigenvalue weighted by Gasteiger charge is 2.41. The number of aromatic carboxylic acids is 1. The van der Waals surface area contributed by atoms with Gasteiger partial charge in [0.15, 0.2) is 0 Å². The van der Waals surface area contributed by atoms with Crippen molar-refractivity contribution >= 4 is 28.7 Å². The van der Waals surface area contributed by atoms with Crippen LogP contribution in [-0.2, 0) is 0 Å². The lowest BCUT2D eigenvalue weighted by molar-refractivity contribution is 0.0146. The van der Waals surface area contributed by atoms with Crippen molar-refractivity contribution in [2.45, 2.75) is 46.0 Å². The molecule has 2 fully saturated rings. The average Bonchev–Trinajstić information content (AvgIpc) is 2.84. The van der Waals surface area contributed by atoms with Crippen LogP contribution in [0.3, 0.4) is 0 Å². The molecule has 2 saturated carbocycles. The van der Waals surface area contributed by atoms with Crippen molar-refractivity contribution in [2.24, 2.45) is 23.2 Å². The van der Waals surface area contributed by atoms with Gasteiger partial charge < -0.3 is 20.5 Å². The summed E-state index contributed by atoms with van der Waals surface area (Å²) in [6, 6.07) is 22.9. The van der Waals surface area contributed by atoms with Gasteiger partial charge in [0.2, 0.25) is 0 Å². The predicted octanol–water partition coefficient (Wildman–Crippen LogP) is 8.10. The van der Waals surface area contributed by atoms with Gasteiger partial charge in [-0.1, -0.05) is 26.0 Å². The van der Waals surface area contributed by atoms with E-state index in [-0.39, 0.29) is 11.0 Å². The number of nitrogens with one attached hydrogen (secondary N) is 2. The molecular formula is C31H36N2O3. The molecule has 36 heavy (non-hydrogen) atoms. The van der Waals surface area contributed by atoms with Crippen molar-refractivity contribution in [3.8, 4) is 5.75 Å². The molecule has 2 aliphatic rings. The Labute approximate surface area is 213 Å². The summed E-state index contributed by atoms with van der Waals surface area (Å²) >= 11 is 0. The molecule has 5 heteroatoms. The largest absolute Gasteiger partial charge is 0.493 e. The molecule has 2 atom stereocenters. The molecule has 0 saturated heterocycles. The van der Waals surface area contributed by atoms with Crippen LogP contribution in [0, 0.1) is 23.2 Å². The van der Waals surface area contributed by atoms with Gasteiger partial charge in [-0.2, -0.15) is 0 Å². The van der Waals surface area contributed by atoms with Crippen molar-refractivity contribution in [1.82, 2.24) is 0 Å². The van der Waals surface area contributed by atoms with Crippen LogP contribution >= 0.6 is 0 Å². The molecule has 2 unspecified atom stereocenters. The highest BCUT2D eigenvalue weighted by molar-refractivity contribution is 5.95. The standard InChI is InChI=1S/C31H36N2O3/c1-21-15-22-17-23(16-21)19-31(2,18-22)20-36-27-13-11-25(12-14-27)32-24-7-9-26(10-8-24)33-29-6-4-3-5-28(29)30(34)35/h3-14,21-23,32-33H,15-20H2,1-2H3,(H,34,35). The second kappa shape index (κ2) is 10.3. The van der Waals surface area contributed by atoms with E-state index in [1.165, 1.54) is 32.1 Å². The normalized spacial score (nSPS) is 25.1. The second-order valence-electron chi connectivity index (χ2n) is 11.3. The van der Waals surface area contributed by atoms with Gasteiger partial charge in [-0.15, -0.1) is 0 Å². The van der Waals surface area contributed by atoms with Gasteiger partial charge in [0.1, 0.15) is 5.75 Å². The minimum Gasteiger partial charge on any atom is -0.493 e. The Morgan fingerprint density at radius 1 is 0.861 bits per heavy atom. The van der Waals surface area contributed by atoms with Gasteiger partial charge in [-0.05, 0) is 111 Å². The van der Waals surface area contributed by atoms with Crippen LogP contribution in [-0.4, -0.2) is 17.7 Å².